The molecule has 0 spiro atoms. The minimum atomic E-state index is -0.830. The summed E-state index contributed by atoms with van der Waals surface area (Å²) < 4.78 is 0.992. The predicted octanol–water partition coefficient (Wildman–Crippen LogP) is 3.23. The van der Waals surface area contributed by atoms with Crippen molar-refractivity contribution < 1.29 is 9.90 Å². The van der Waals surface area contributed by atoms with Crippen LogP contribution < -0.4 is 5.32 Å². The molecule has 0 aliphatic rings. The van der Waals surface area contributed by atoms with E-state index in [2.05, 4.69) is 21.2 Å². The van der Waals surface area contributed by atoms with Gasteiger partial charge in [0.05, 0.1) is 0 Å². The third kappa shape index (κ3) is 4.47. The standard InChI is InChI=1S/C16H16BrNO2/c17-14-8-4-7-13(9-14)11-18-15(16(19)20)10-12-5-2-1-3-6-12/h1-9,15,18H,10-11H2,(H,19,20)/t15-/m0/s1. The summed E-state index contributed by atoms with van der Waals surface area (Å²) in [6.45, 7) is 0.531. The lowest BCUT2D eigenvalue weighted by molar-refractivity contribution is -0.139. The lowest BCUT2D eigenvalue weighted by Gasteiger charge is -2.14. The van der Waals surface area contributed by atoms with E-state index in [0.717, 1.165) is 15.6 Å². The molecule has 0 aliphatic carbocycles. The maximum Gasteiger partial charge on any atom is 0.321 e. The van der Waals surface area contributed by atoms with E-state index in [1.165, 1.54) is 0 Å². The van der Waals surface area contributed by atoms with Crippen molar-refractivity contribution in [3.05, 3.63) is 70.2 Å². The van der Waals surface area contributed by atoms with Crippen molar-refractivity contribution >= 4 is 21.9 Å². The largest absolute Gasteiger partial charge is 0.480 e. The molecular weight excluding hydrogens is 318 g/mol. The molecule has 0 radical (unpaired) electrons. The second kappa shape index (κ2) is 7.22. The molecule has 4 heteroatoms. The van der Waals surface area contributed by atoms with Gasteiger partial charge in [0.15, 0.2) is 0 Å². The zero-order valence-electron chi connectivity index (χ0n) is 10.9. The lowest BCUT2D eigenvalue weighted by Crippen LogP contribution is -2.38. The number of carboxylic acid groups (broad SMARTS) is 1. The van der Waals surface area contributed by atoms with Crippen LogP contribution >= 0.6 is 15.9 Å². The van der Waals surface area contributed by atoms with Gasteiger partial charge in [-0.25, -0.2) is 0 Å². The summed E-state index contributed by atoms with van der Waals surface area (Å²) in [6, 6.07) is 16.9. The van der Waals surface area contributed by atoms with Crippen LogP contribution in [0.1, 0.15) is 11.1 Å². The van der Waals surface area contributed by atoms with E-state index < -0.39 is 12.0 Å². The number of carbonyl (C=O) groups is 1. The third-order valence-corrected chi connectivity index (χ3v) is 3.52. The Morgan fingerprint density at radius 1 is 1.10 bits per heavy atom. The van der Waals surface area contributed by atoms with Crippen LogP contribution in [0.15, 0.2) is 59.1 Å². The minimum Gasteiger partial charge on any atom is -0.480 e. The molecule has 1 atom stereocenters. The van der Waals surface area contributed by atoms with Gasteiger partial charge in [-0.3, -0.25) is 4.79 Å². The molecule has 20 heavy (non-hydrogen) atoms. The van der Waals surface area contributed by atoms with Crippen molar-refractivity contribution in [2.45, 2.75) is 19.0 Å². The van der Waals surface area contributed by atoms with Crippen LogP contribution in [0.25, 0.3) is 0 Å². The molecule has 0 bridgehead atoms. The first-order chi connectivity index (χ1) is 9.65. The Hall–Kier alpha value is -1.65. The fourth-order valence-electron chi connectivity index (χ4n) is 1.98. The van der Waals surface area contributed by atoms with Crippen LogP contribution in [-0.2, 0) is 17.8 Å². The maximum atomic E-state index is 11.3. The average molecular weight is 334 g/mol. The second-order valence-electron chi connectivity index (χ2n) is 4.59. The Labute approximate surface area is 126 Å². The van der Waals surface area contributed by atoms with E-state index in [9.17, 15) is 9.90 Å². The van der Waals surface area contributed by atoms with E-state index in [0.29, 0.717) is 13.0 Å². The summed E-state index contributed by atoms with van der Waals surface area (Å²) >= 11 is 3.41. The number of nitrogens with one attached hydrogen (secondary N) is 1. The molecule has 0 saturated carbocycles. The number of hydrogen-bond acceptors (Lipinski definition) is 2. The topological polar surface area (TPSA) is 49.3 Å². The minimum absolute atomic E-state index is 0.476. The number of aliphatic carboxylic acids is 1. The Kier molecular flexibility index (Phi) is 5.32. The molecule has 0 fully saturated rings. The molecule has 0 aliphatic heterocycles. The van der Waals surface area contributed by atoms with Gasteiger partial charge in [0.25, 0.3) is 0 Å². The molecule has 2 aromatic rings. The van der Waals surface area contributed by atoms with E-state index in [-0.39, 0.29) is 0 Å². The quantitative estimate of drug-likeness (QED) is 0.853. The summed E-state index contributed by atoms with van der Waals surface area (Å²) in [6.07, 6.45) is 0.476. The van der Waals surface area contributed by atoms with Crippen LogP contribution in [0, 0.1) is 0 Å². The van der Waals surface area contributed by atoms with E-state index in [1.807, 2.05) is 54.6 Å². The fraction of sp³-hybridized carbons (Fsp3) is 0.188. The van der Waals surface area contributed by atoms with Gasteiger partial charge in [-0.15, -0.1) is 0 Å². The normalized spacial score (nSPS) is 12.1. The molecule has 0 saturated heterocycles. The van der Waals surface area contributed by atoms with Crippen LogP contribution in [0.3, 0.4) is 0 Å². The Bertz CT molecular complexity index is 572. The van der Waals surface area contributed by atoms with Crippen molar-refractivity contribution in [1.82, 2.24) is 5.32 Å². The Balaban J connectivity index is 1.98. The van der Waals surface area contributed by atoms with E-state index >= 15 is 0 Å². The van der Waals surface area contributed by atoms with Crippen molar-refractivity contribution in [2.24, 2.45) is 0 Å². The zero-order valence-corrected chi connectivity index (χ0v) is 12.5. The lowest BCUT2D eigenvalue weighted by atomic mass is 10.1. The first-order valence-electron chi connectivity index (χ1n) is 6.40. The summed E-state index contributed by atoms with van der Waals surface area (Å²) in [7, 11) is 0. The monoisotopic (exact) mass is 333 g/mol. The molecule has 2 N–H and O–H groups in total. The fourth-order valence-corrected chi connectivity index (χ4v) is 2.43. The number of halogens is 1. The molecule has 2 aromatic carbocycles. The van der Waals surface area contributed by atoms with E-state index in [4.69, 9.17) is 0 Å². The second-order valence-corrected chi connectivity index (χ2v) is 5.51. The highest BCUT2D eigenvalue weighted by Crippen LogP contribution is 2.12. The van der Waals surface area contributed by atoms with Crippen LogP contribution in [0.2, 0.25) is 0 Å². The summed E-state index contributed by atoms with van der Waals surface area (Å²) in [5, 5.41) is 12.4. The number of benzene rings is 2. The molecule has 0 unspecified atom stereocenters. The first kappa shape index (κ1) is 14.8. The van der Waals surface area contributed by atoms with Gasteiger partial charge in [-0.1, -0.05) is 58.4 Å². The van der Waals surface area contributed by atoms with Crippen LogP contribution in [0.5, 0.6) is 0 Å². The van der Waals surface area contributed by atoms with Crippen LogP contribution in [0.4, 0.5) is 0 Å². The highest BCUT2D eigenvalue weighted by Gasteiger charge is 2.17. The SMILES string of the molecule is O=C(O)[C@H](Cc1ccccc1)NCc1cccc(Br)c1. The third-order valence-electron chi connectivity index (χ3n) is 3.02. The highest BCUT2D eigenvalue weighted by atomic mass is 79.9. The first-order valence-corrected chi connectivity index (χ1v) is 7.19. The smallest absolute Gasteiger partial charge is 0.321 e. The number of rotatable bonds is 6. The molecule has 0 amide bonds. The van der Waals surface area contributed by atoms with Crippen molar-refractivity contribution in [1.29, 1.82) is 0 Å². The summed E-state index contributed by atoms with van der Waals surface area (Å²) in [5.41, 5.74) is 2.07. The number of carboxylic acids is 1. The van der Waals surface area contributed by atoms with Gasteiger partial charge in [0.2, 0.25) is 0 Å². The molecule has 3 nitrogen and oxygen atoms in total. The maximum absolute atomic E-state index is 11.3. The molecule has 0 heterocycles. The van der Waals surface area contributed by atoms with Crippen molar-refractivity contribution in [3.8, 4) is 0 Å². The van der Waals surface area contributed by atoms with Gasteiger partial charge in [-0.2, -0.15) is 0 Å². The summed E-state index contributed by atoms with van der Waals surface area (Å²) in [4.78, 5) is 11.3. The van der Waals surface area contributed by atoms with Crippen LogP contribution in [-0.4, -0.2) is 17.1 Å². The Morgan fingerprint density at radius 3 is 2.45 bits per heavy atom. The predicted molar refractivity (Wildman–Crippen MR) is 82.6 cm³/mol. The van der Waals surface area contributed by atoms with Crippen molar-refractivity contribution in [3.63, 3.8) is 0 Å². The van der Waals surface area contributed by atoms with Gasteiger partial charge in [0.1, 0.15) is 6.04 Å². The molecule has 0 aromatic heterocycles. The summed E-state index contributed by atoms with van der Waals surface area (Å²) in [5.74, 6) is -0.830. The van der Waals surface area contributed by atoms with Gasteiger partial charge in [-0.05, 0) is 29.7 Å². The molecular formula is C16H16BrNO2. The number of hydrogen-bond donors (Lipinski definition) is 2. The van der Waals surface area contributed by atoms with Crippen molar-refractivity contribution in [2.75, 3.05) is 0 Å². The van der Waals surface area contributed by atoms with Gasteiger partial charge >= 0.3 is 5.97 Å². The average Bonchev–Trinajstić information content (AvgIpc) is 2.44. The van der Waals surface area contributed by atoms with E-state index in [1.54, 1.807) is 0 Å². The Morgan fingerprint density at radius 2 is 1.80 bits per heavy atom. The molecule has 2 rings (SSSR count). The van der Waals surface area contributed by atoms with Gasteiger partial charge in [0, 0.05) is 11.0 Å². The van der Waals surface area contributed by atoms with Gasteiger partial charge < -0.3 is 10.4 Å². The zero-order chi connectivity index (χ0) is 14.4. The molecule has 104 valence electrons. The highest BCUT2D eigenvalue weighted by molar-refractivity contribution is 9.10.